The molecule has 8 aromatic rings. The molecule has 0 spiro atoms. The summed E-state index contributed by atoms with van der Waals surface area (Å²) in [5.74, 6) is 2.44. The van der Waals surface area contributed by atoms with Crippen LogP contribution in [0.4, 0.5) is 22.7 Å². The van der Waals surface area contributed by atoms with Crippen molar-refractivity contribution in [3.05, 3.63) is 167 Å². The predicted molar refractivity (Wildman–Crippen MR) is 244 cm³/mol. The number of aromatic nitrogens is 2. The van der Waals surface area contributed by atoms with E-state index in [1.165, 1.54) is 61.4 Å². The average molecular weight is 761 g/mol. The number of ether oxygens (including phenoxy) is 1. The van der Waals surface area contributed by atoms with Gasteiger partial charge in [0.05, 0.1) is 22.4 Å². The fourth-order valence-electron chi connectivity index (χ4n) is 8.88. The van der Waals surface area contributed by atoms with Gasteiger partial charge in [-0.25, -0.2) is 4.98 Å². The smallest absolute Gasteiger partial charge is 0.138 e. The van der Waals surface area contributed by atoms with Gasteiger partial charge in [0.25, 0.3) is 0 Å². The summed E-state index contributed by atoms with van der Waals surface area (Å²) >= 11 is 0. The van der Waals surface area contributed by atoms with E-state index in [9.17, 15) is 0 Å². The molecule has 3 heterocycles. The molecule has 0 radical (unpaired) electrons. The summed E-state index contributed by atoms with van der Waals surface area (Å²) in [4.78, 5) is 9.97. The van der Waals surface area contributed by atoms with Crippen LogP contribution >= 0.6 is 0 Å². The van der Waals surface area contributed by atoms with Crippen LogP contribution in [0.5, 0.6) is 11.5 Å². The van der Waals surface area contributed by atoms with E-state index in [1.807, 2.05) is 6.07 Å². The van der Waals surface area contributed by atoms with Gasteiger partial charge >= 0.3 is 0 Å². The van der Waals surface area contributed by atoms with Crippen molar-refractivity contribution in [1.82, 2.24) is 9.55 Å². The highest BCUT2D eigenvalue weighted by molar-refractivity contribution is 6.09. The van der Waals surface area contributed by atoms with Gasteiger partial charge < -0.3 is 14.5 Å². The summed E-state index contributed by atoms with van der Waals surface area (Å²) in [6, 6.07) is 48.0. The first-order chi connectivity index (χ1) is 27.7. The van der Waals surface area contributed by atoms with Gasteiger partial charge in [-0.1, -0.05) is 108 Å². The molecule has 0 saturated carbocycles. The second-order valence-corrected chi connectivity index (χ2v) is 18.0. The van der Waals surface area contributed by atoms with Crippen LogP contribution in [0.25, 0.3) is 38.8 Å². The highest BCUT2D eigenvalue weighted by Gasteiger charge is 2.29. The van der Waals surface area contributed by atoms with Crippen molar-refractivity contribution >= 4 is 44.6 Å². The third-order valence-electron chi connectivity index (χ3n) is 11.7. The Morgan fingerprint density at radius 1 is 0.552 bits per heavy atom. The molecule has 290 valence electrons. The minimum Gasteiger partial charge on any atom is -0.457 e. The second kappa shape index (κ2) is 13.9. The van der Waals surface area contributed by atoms with Crippen LogP contribution in [0, 0.1) is 20.8 Å². The van der Waals surface area contributed by atoms with E-state index in [-0.39, 0.29) is 10.8 Å². The van der Waals surface area contributed by atoms with Crippen molar-refractivity contribution in [2.24, 2.45) is 0 Å². The number of aryl methyl sites for hydroxylation is 3. The fraction of sp³-hybridized carbons (Fsp3) is 0.226. The Morgan fingerprint density at radius 2 is 1.17 bits per heavy atom. The maximum atomic E-state index is 6.75. The lowest BCUT2D eigenvalue weighted by molar-refractivity contribution is 0.483. The van der Waals surface area contributed by atoms with Gasteiger partial charge in [0, 0.05) is 40.5 Å². The van der Waals surface area contributed by atoms with E-state index >= 15 is 0 Å². The summed E-state index contributed by atoms with van der Waals surface area (Å²) in [6.45, 7) is 21.0. The van der Waals surface area contributed by atoms with Crippen LogP contribution in [0.15, 0.2) is 140 Å². The number of para-hydroxylation sites is 3. The Morgan fingerprint density at radius 3 is 1.86 bits per heavy atom. The van der Waals surface area contributed by atoms with Crippen molar-refractivity contribution in [3.63, 3.8) is 0 Å². The molecule has 0 saturated heterocycles. The Hall–Kier alpha value is -6.33. The van der Waals surface area contributed by atoms with Gasteiger partial charge in [-0.3, -0.25) is 4.57 Å². The monoisotopic (exact) mass is 760 g/mol. The minimum absolute atomic E-state index is 0.0635. The molecule has 2 aromatic heterocycles. The number of hydrogen-bond donors (Lipinski definition) is 0. The molecule has 9 rings (SSSR count). The molecule has 0 fully saturated rings. The number of hydrogen-bond acceptors (Lipinski definition) is 4. The molecular formula is C53H52N4O. The zero-order chi connectivity index (χ0) is 40.5. The third kappa shape index (κ3) is 6.58. The first-order valence-electron chi connectivity index (χ1n) is 20.4. The first kappa shape index (κ1) is 37.3. The number of pyridine rings is 1. The van der Waals surface area contributed by atoms with Gasteiger partial charge in [-0.2, -0.15) is 0 Å². The van der Waals surface area contributed by atoms with Crippen molar-refractivity contribution in [3.8, 4) is 28.4 Å². The summed E-state index contributed by atoms with van der Waals surface area (Å²) in [7, 11) is 0. The quantitative estimate of drug-likeness (QED) is 0.169. The maximum absolute atomic E-state index is 6.75. The number of rotatable bonds is 6. The largest absolute Gasteiger partial charge is 0.457 e. The standard InChI is InChI=1S/C53H52N4O/c1-34-26-35(2)51(36(3)27-34)44-31-50(54-32-45(44)53(7,8)9)57-46-21-11-10-20-42(46)43-25-24-41(30-49(43)57)58-40-19-15-18-39(29-40)56-33-55(47-22-12-13-23-48(47)56)38-17-14-16-37(28-38)52(4,5)6/h10-32H,33H2,1-9H3. The van der Waals surface area contributed by atoms with Crippen molar-refractivity contribution < 1.29 is 4.74 Å². The van der Waals surface area contributed by atoms with E-state index in [2.05, 4.69) is 210 Å². The minimum atomic E-state index is -0.0895. The SMILES string of the molecule is Cc1cc(C)c(-c2cc(-n3c4ccccc4c4ccc(Oc5cccc(N6CN(c7cccc(C(C)(C)C)c7)c7ccccc76)c5)cc43)ncc2C(C)(C)C)c(C)c1. The molecule has 0 amide bonds. The molecule has 58 heavy (non-hydrogen) atoms. The Bertz CT molecular complexity index is 2850. The van der Waals surface area contributed by atoms with Crippen molar-refractivity contribution in [2.45, 2.75) is 73.1 Å². The van der Waals surface area contributed by atoms with Crippen LogP contribution in [0.3, 0.4) is 0 Å². The van der Waals surface area contributed by atoms with Crippen molar-refractivity contribution in [2.75, 3.05) is 16.5 Å². The number of nitrogens with zero attached hydrogens (tertiary/aromatic N) is 4. The van der Waals surface area contributed by atoms with Gasteiger partial charge in [-0.05, 0) is 126 Å². The third-order valence-corrected chi connectivity index (χ3v) is 11.7. The summed E-state index contributed by atoms with van der Waals surface area (Å²) in [6.07, 6.45) is 2.09. The second-order valence-electron chi connectivity index (χ2n) is 18.0. The average Bonchev–Trinajstić information content (AvgIpc) is 3.73. The van der Waals surface area contributed by atoms with Crippen LogP contribution in [-0.4, -0.2) is 16.2 Å². The van der Waals surface area contributed by atoms with Crippen LogP contribution in [-0.2, 0) is 10.8 Å². The van der Waals surface area contributed by atoms with Crippen LogP contribution < -0.4 is 14.5 Å². The Balaban J connectivity index is 1.10. The molecule has 5 nitrogen and oxygen atoms in total. The lowest BCUT2D eigenvalue weighted by Gasteiger charge is -2.25. The van der Waals surface area contributed by atoms with Gasteiger partial charge in [0.2, 0.25) is 0 Å². The normalized spacial score (nSPS) is 13.1. The van der Waals surface area contributed by atoms with Crippen LogP contribution in [0.1, 0.15) is 69.4 Å². The van der Waals surface area contributed by atoms with Gasteiger partial charge in [0.1, 0.15) is 24.0 Å². The van der Waals surface area contributed by atoms with Crippen LogP contribution in [0.2, 0.25) is 0 Å². The first-order valence-corrected chi connectivity index (χ1v) is 20.4. The number of benzene rings is 6. The number of anilines is 4. The van der Waals surface area contributed by atoms with E-state index in [0.717, 1.165) is 39.4 Å². The molecule has 5 heteroatoms. The van der Waals surface area contributed by atoms with E-state index in [1.54, 1.807) is 0 Å². The Kier molecular flexibility index (Phi) is 8.96. The fourth-order valence-corrected chi connectivity index (χ4v) is 8.88. The zero-order valence-electron chi connectivity index (χ0n) is 35.2. The molecule has 0 N–H and O–H groups in total. The lowest BCUT2D eigenvalue weighted by Crippen LogP contribution is -2.24. The van der Waals surface area contributed by atoms with Gasteiger partial charge in [0.15, 0.2) is 0 Å². The molecule has 6 aromatic carbocycles. The molecular weight excluding hydrogens is 709 g/mol. The summed E-state index contributed by atoms with van der Waals surface area (Å²) in [5, 5.41) is 2.34. The molecule has 0 unspecified atom stereocenters. The molecule has 1 aliphatic heterocycles. The summed E-state index contributed by atoms with van der Waals surface area (Å²) < 4.78 is 9.05. The molecule has 0 bridgehead atoms. The lowest BCUT2D eigenvalue weighted by atomic mass is 9.81. The molecule has 0 aliphatic carbocycles. The zero-order valence-corrected chi connectivity index (χ0v) is 35.2. The topological polar surface area (TPSA) is 33.5 Å². The van der Waals surface area contributed by atoms with Gasteiger partial charge in [-0.15, -0.1) is 0 Å². The predicted octanol–water partition coefficient (Wildman–Crippen LogP) is 14.4. The van der Waals surface area contributed by atoms with E-state index in [4.69, 9.17) is 9.72 Å². The Labute approximate surface area is 343 Å². The van der Waals surface area contributed by atoms with E-state index in [0.29, 0.717) is 6.67 Å². The number of fused-ring (bicyclic) bond motifs is 4. The van der Waals surface area contributed by atoms with Crippen molar-refractivity contribution in [1.29, 1.82) is 0 Å². The van der Waals surface area contributed by atoms with E-state index < -0.39 is 0 Å². The molecule has 1 aliphatic rings. The maximum Gasteiger partial charge on any atom is 0.138 e. The summed E-state index contributed by atoms with van der Waals surface area (Å²) in [5.41, 5.74) is 15.7. The molecule has 0 atom stereocenters. The highest BCUT2D eigenvalue weighted by atomic mass is 16.5. The highest BCUT2D eigenvalue weighted by Crippen LogP contribution is 2.46.